The number of esters is 3. The van der Waals surface area contributed by atoms with E-state index in [0.717, 1.165) is 0 Å². The normalized spacial score (nSPS) is 38.4. The Hall–Kier alpha value is -2.12. The lowest BCUT2D eigenvalue weighted by Crippen LogP contribution is -2.37. The Labute approximate surface area is 177 Å². The van der Waals surface area contributed by atoms with Crippen LogP contribution in [-0.2, 0) is 52.3 Å². The van der Waals surface area contributed by atoms with E-state index in [1.54, 1.807) is 0 Å². The van der Waals surface area contributed by atoms with Gasteiger partial charge in [-0.2, -0.15) is 0 Å². The van der Waals surface area contributed by atoms with Crippen molar-refractivity contribution in [3.8, 4) is 0 Å². The van der Waals surface area contributed by atoms with Gasteiger partial charge < -0.3 is 38.3 Å². The van der Waals surface area contributed by atoms with Crippen LogP contribution in [0.2, 0.25) is 0 Å². The Morgan fingerprint density at radius 2 is 1.06 bits per heavy atom. The van der Waals surface area contributed by atoms with Gasteiger partial charge in [-0.3, -0.25) is 19.2 Å². The lowest BCUT2D eigenvalue weighted by atomic mass is 10.1. The van der Waals surface area contributed by atoms with Gasteiger partial charge in [0.1, 0.15) is 49.1 Å². The maximum Gasteiger partial charge on any atom is 0.317 e. The number of rotatable bonds is 7. The van der Waals surface area contributed by atoms with Gasteiger partial charge >= 0.3 is 17.9 Å². The van der Waals surface area contributed by atoms with Gasteiger partial charge in [-0.15, -0.1) is 0 Å². The summed E-state index contributed by atoms with van der Waals surface area (Å²) < 4.78 is 37.6. The first-order chi connectivity index (χ1) is 14.8. The molecule has 8 unspecified atom stereocenters. The average molecular weight is 444 g/mol. The molecule has 4 saturated heterocycles. The molecule has 0 aliphatic carbocycles. The number of ketones is 1. The zero-order chi connectivity index (χ0) is 22.1. The van der Waals surface area contributed by atoms with Crippen LogP contribution >= 0.6 is 0 Å². The molecule has 0 radical (unpaired) electrons. The van der Waals surface area contributed by atoms with Crippen LogP contribution in [-0.4, -0.2) is 104 Å². The van der Waals surface area contributed by atoms with Crippen molar-refractivity contribution in [3.63, 3.8) is 0 Å². The van der Waals surface area contributed by atoms with Gasteiger partial charge in [0.15, 0.2) is 18.3 Å². The van der Waals surface area contributed by atoms with Gasteiger partial charge in [-0.25, -0.2) is 0 Å². The molecule has 4 aliphatic heterocycles. The fourth-order valence-electron chi connectivity index (χ4n) is 4.13. The predicted molar refractivity (Wildman–Crippen MR) is 94.5 cm³/mol. The van der Waals surface area contributed by atoms with E-state index in [0.29, 0.717) is 0 Å². The minimum atomic E-state index is -0.817. The summed E-state index contributed by atoms with van der Waals surface area (Å²) in [7, 11) is 0. The molecule has 0 aromatic carbocycles. The maximum atomic E-state index is 12.2. The molecule has 8 atom stereocenters. The van der Waals surface area contributed by atoms with Gasteiger partial charge in [0.2, 0.25) is 0 Å². The summed E-state index contributed by atoms with van der Waals surface area (Å²) in [4.78, 5) is 47.0. The Balaban J connectivity index is 1.21. The number of fused-ring (bicyclic) bond motifs is 2. The third kappa shape index (κ3) is 4.88. The number of carbonyl (C=O) groups excluding carboxylic acids is 4. The smallest absolute Gasteiger partial charge is 0.317 e. The van der Waals surface area contributed by atoms with Crippen LogP contribution < -0.4 is 0 Å². The summed E-state index contributed by atoms with van der Waals surface area (Å²) in [5, 5.41) is 9.71. The molecule has 12 nitrogen and oxygen atoms in total. The highest BCUT2D eigenvalue weighted by atomic mass is 16.7. The number of aliphatic hydroxyl groups excluding tert-OH is 1. The van der Waals surface area contributed by atoms with E-state index in [1.807, 2.05) is 0 Å². The number of Topliss-reactive ketones (excluding diaryl/α,β-unsaturated/α-hetero) is 1. The van der Waals surface area contributed by atoms with Crippen molar-refractivity contribution in [2.75, 3.05) is 26.4 Å². The highest BCUT2D eigenvalue weighted by Crippen LogP contribution is 2.31. The lowest BCUT2D eigenvalue weighted by Gasteiger charge is -2.18. The number of hydrogen-bond acceptors (Lipinski definition) is 12. The zero-order valence-corrected chi connectivity index (χ0v) is 16.8. The van der Waals surface area contributed by atoms with Crippen molar-refractivity contribution in [1.29, 1.82) is 0 Å². The minimum Gasteiger partial charge on any atom is -0.457 e. The highest BCUT2D eigenvalue weighted by Gasteiger charge is 2.52. The second-order valence-electron chi connectivity index (χ2n) is 7.90. The van der Waals surface area contributed by atoms with Crippen LogP contribution in [0.1, 0.15) is 19.8 Å². The van der Waals surface area contributed by atoms with Crippen molar-refractivity contribution in [2.24, 2.45) is 0 Å². The van der Waals surface area contributed by atoms with Gasteiger partial charge in [-0.05, 0) is 6.92 Å². The molecule has 31 heavy (non-hydrogen) atoms. The van der Waals surface area contributed by atoms with E-state index >= 15 is 0 Å². The molecule has 4 rings (SSSR count). The molecular formula is C19H24O12. The topological polar surface area (TPSA) is 153 Å². The van der Waals surface area contributed by atoms with Crippen LogP contribution in [0.3, 0.4) is 0 Å². The summed E-state index contributed by atoms with van der Waals surface area (Å²) >= 11 is 0. The summed E-state index contributed by atoms with van der Waals surface area (Å²) in [5.74, 6) is -2.61. The van der Waals surface area contributed by atoms with Crippen LogP contribution in [0.5, 0.6) is 0 Å². The monoisotopic (exact) mass is 444 g/mol. The van der Waals surface area contributed by atoms with Crippen LogP contribution in [0, 0.1) is 0 Å². The average Bonchev–Trinajstić information content (AvgIpc) is 3.42. The third-order valence-corrected chi connectivity index (χ3v) is 5.47. The number of hydrogen-bond donors (Lipinski definition) is 1. The summed E-state index contributed by atoms with van der Waals surface area (Å²) in [6.07, 6.45) is -6.30. The first kappa shape index (κ1) is 22.1. The Morgan fingerprint density at radius 1 is 0.677 bits per heavy atom. The number of aliphatic hydroxyl groups is 1. The fourth-order valence-corrected chi connectivity index (χ4v) is 4.13. The van der Waals surface area contributed by atoms with E-state index in [-0.39, 0.29) is 38.6 Å². The molecule has 4 heterocycles. The molecule has 4 aliphatic rings. The molecule has 4 fully saturated rings. The fraction of sp³-hybridized carbons (Fsp3) is 0.789. The molecule has 12 heteroatoms. The van der Waals surface area contributed by atoms with Gasteiger partial charge in [0.05, 0.1) is 26.4 Å². The zero-order valence-electron chi connectivity index (χ0n) is 16.8. The van der Waals surface area contributed by atoms with Crippen LogP contribution in [0.25, 0.3) is 0 Å². The molecular weight excluding hydrogens is 420 g/mol. The predicted octanol–water partition coefficient (Wildman–Crippen LogP) is -1.95. The largest absolute Gasteiger partial charge is 0.457 e. The maximum absolute atomic E-state index is 12.2. The molecule has 0 spiro atoms. The Bertz CT molecular complexity index is 737. The van der Waals surface area contributed by atoms with E-state index in [2.05, 4.69) is 0 Å². The summed E-state index contributed by atoms with van der Waals surface area (Å²) in [5.41, 5.74) is 0. The molecule has 0 aromatic rings. The summed E-state index contributed by atoms with van der Waals surface area (Å²) in [6.45, 7) is 1.52. The minimum absolute atomic E-state index is 0.0167. The third-order valence-electron chi connectivity index (χ3n) is 5.47. The second kappa shape index (κ2) is 9.17. The van der Waals surface area contributed by atoms with Gasteiger partial charge in [0, 0.05) is 0 Å². The number of ether oxygens (including phenoxy) is 7. The SMILES string of the molecule is CC(=O)CC(=O)OC1COC2C(OC(=O)CC(=O)OC3COC4C(O)COC34)COC12. The van der Waals surface area contributed by atoms with Gasteiger partial charge in [-0.1, -0.05) is 0 Å². The van der Waals surface area contributed by atoms with E-state index in [9.17, 15) is 24.3 Å². The van der Waals surface area contributed by atoms with Crippen molar-refractivity contribution in [3.05, 3.63) is 0 Å². The Kier molecular flexibility index (Phi) is 6.53. The summed E-state index contributed by atoms with van der Waals surface area (Å²) in [6, 6.07) is 0. The first-order valence-electron chi connectivity index (χ1n) is 10.0. The van der Waals surface area contributed by atoms with Crippen molar-refractivity contribution < 1.29 is 57.4 Å². The van der Waals surface area contributed by atoms with Gasteiger partial charge in [0.25, 0.3) is 0 Å². The molecule has 0 aromatic heterocycles. The van der Waals surface area contributed by atoms with E-state index in [4.69, 9.17) is 33.2 Å². The Morgan fingerprint density at radius 3 is 1.55 bits per heavy atom. The molecule has 172 valence electrons. The molecule has 0 amide bonds. The highest BCUT2D eigenvalue weighted by molar-refractivity contribution is 5.94. The van der Waals surface area contributed by atoms with Crippen LogP contribution in [0.4, 0.5) is 0 Å². The van der Waals surface area contributed by atoms with Crippen LogP contribution in [0.15, 0.2) is 0 Å². The quantitative estimate of drug-likeness (QED) is 0.264. The molecule has 1 N–H and O–H groups in total. The van der Waals surface area contributed by atoms with E-state index < -0.39 is 73.2 Å². The first-order valence-corrected chi connectivity index (χ1v) is 10.0. The standard InChI is InChI=1S/C19H24O12/c1-8(20)2-13(22)29-11-6-27-19-12(7-28-18(11)19)31-15(24)3-14(23)30-10-5-26-16-9(21)4-25-17(10)16/h9-12,16-19,21H,2-7H2,1H3. The van der Waals surface area contributed by atoms with Crippen molar-refractivity contribution >= 4 is 23.7 Å². The van der Waals surface area contributed by atoms with Crippen molar-refractivity contribution in [1.82, 2.24) is 0 Å². The second-order valence-corrected chi connectivity index (χ2v) is 7.90. The number of carbonyl (C=O) groups is 4. The van der Waals surface area contributed by atoms with Crippen molar-refractivity contribution in [2.45, 2.75) is 68.6 Å². The molecule has 0 saturated carbocycles. The molecule has 0 bridgehead atoms. The van der Waals surface area contributed by atoms with E-state index in [1.165, 1.54) is 6.92 Å². The lowest BCUT2D eigenvalue weighted by molar-refractivity contribution is -0.165.